The third-order valence-electron chi connectivity index (χ3n) is 6.43. The molecule has 3 heterocycles. The molecule has 2 aromatic carbocycles. The molecule has 0 radical (unpaired) electrons. The molecule has 1 aliphatic rings. The molecule has 7 nitrogen and oxygen atoms in total. The summed E-state index contributed by atoms with van der Waals surface area (Å²) in [5.74, 6) is 0.0539. The maximum Gasteiger partial charge on any atom is 0.410 e. The predicted molar refractivity (Wildman–Crippen MR) is 136 cm³/mol. The highest BCUT2D eigenvalue weighted by Gasteiger charge is 2.30. The second-order valence-corrected chi connectivity index (χ2v) is 10.1. The van der Waals surface area contributed by atoms with Crippen molar-refractivity contribution in [1.29, 1.82) is 0 Å². The maximum absolute atomic E-state index is 13.2. The molecular weight excluding hydrogens is 442 g/mol. The zero-order valence-electron chi connectivity index (χ0n) is 20.2. The lowest BCUT2D eigenvalue weighted by atomic mass is 9.88. The SMILES string of the molecule is CC(C)(C)OC(=O)N1CCC(C(=O)c2ccc3nc(-c4c(O)[nH]c5ccccc45)ccc3c2)CC1. The number of Topliss-reactive ketones (excluding diaryl/α,β-unsaturated/α-hetero) is 1. The van der Waals surface area contributed by atoms with Crippen molar-refractivity contribution < 1.29 is 19.4 Å². The molecule has 0 unspecified atom stereocenters. The van der Waals surface area contributed by atoms with Gasteiger partial charge in [-0.15, -0.1) is 0 Å². The topological polar surface area (TPSA) is 95.5 Å². The van der Waals surface area contributed by atoms with Gasteiger partial charge in [0, 0.05) is 40.9 Å². The van der Waals surface area contributed by atoms with Crippen LogP contribution in [0.5, 0.6) is 5.88 Å². The first-order chi connectivity index (χ1) is 16.7. The van der Waals surface area contributed by atoms with Crippen LogP contribution in [0.3, 0.4) is 0 Å². The van der Waals surface area contributed by atoms with Crippen molar-refractivity contribution in [2.75, 3.05) is 13.1 Å². The van der Waals surface area contributed by atoms with E-state index in [0.717, 1.165) is 21.8 Å². The van der Waals surface area contributed by atoms with E-state index in [1.54, 1.807) is 4.90 Å². The van der Waals surface area contributed by atoms with Crippen molar-refractivity contribution in [2.45, 2.75) is 39.2 Å². The number of nitrogens with zero attached hydrogens (tertiary/aromatic N) is 2. The molecule has 180 valence electrons. The van der Waals surface area contributed by atoms with Gasteiger partial charge in [-0.25, -0.2) is 9.78 Å². The maximum atomic E-state index is 13.2. The van der Waals surface area contributed by atoms with Crippen LogP contribution in [0.25, 0.3) is 33.1 Å². The Morgan fingerprint density at radius 3 is 2.54 bits per heavy atom. The quantitative estimate of drug-likeness (QED) is 0.362. The lowest BCUT2D eigenvalue weighted by Crippen LogP contribution is -2.43. The molecule has 0 aliphatic carbocycles. The number of para-hydroxylation sites is 1. The molecule has 7 heteroatoms. The van der Waals surface area contributed by atoms with E-state index in [9.17, 15) is 14.7 Å². The molecule has 4 aromatic rings. The van der Waals surface area contributed by atoms with E-state index in [1.807, 2.05) is 75.4 Å². The fourth-order valence-corrected chi connectivity index (χ4v) is 4.69. The van der Waals surface area contributed by atoms with Crippen LogP contribution in [0.4, 0.5) is 4.79 Å². The van der Waals surface area contributed by atoms with E-state index in [0.29, 0.717) is 42.8 Å². The number of hydrogen-bond acceptors (Lipinski definition) is 5. The number of amides is 1. The predicted octanol–water partition coefficient (Wildman–Crippen LogP) is 5.92. The fourth-order valence-electron chi connectivity index (χ4n) is 4.69. The fraction of sp³-hybridized carbons (Fsp3) is 0.321. The first-order valence-electron chi connectivity index (χ1n) is 11.9. The molecule has 1 aliphatic heterocycles. The Morgan fingerprint density at radius 2 is 1.80 bits per heavy atom. The van der Waals surface area contributed by atoms with E-state index >= 15 is 0 Å². The Morgan fingerprint density at radius 1 is 1.06 bits per heavy atom. The Labute approximate surface area is 203 Å². The largest absolute Gasteiger partial charge is 0.494 e. The van der Waals surface area contributed by atoms with Crippen molar-refractivity contribution in [3.8, 4) is 17.1 Å². The summed E-state index contributed by atoms with van der Waals surface area (Å²) in [4.78, 5) is 34.9. The van der Waals surface area contributed by atoms with Crippen molar-refractivity contribution in [1.82, 2.24) is 14.9 Å². The molecule has 1 amide bonds. The number of ether oxygens (including phenoxy) is 1. The molecule has 0 saturated carbocycles. The van der Waals surface area contributed by atoms with Crippen LogP contribution < -0.4 is 0 Å². The number of pyridine rings is 1. The summed E-state index contributed by atoms with van der Waals surface area (Å²) < 4.78 is 5.45. The Kier molecular flexibility index (Phi) is 5.71. The molecule has 35 heavy (non-hydrogen) atoms. The summed E-state index contributed by atoms with van der Waals surface area (Å²) in [5.41, 5.74) is 3.05. The monoisotopic (exact) mass is 471 g/mol. The van der Waals surface area contributed by atoms with E-state index in [-0.39, 0.29) is 23.7 Å². The molecule has 1 saturated heterocycles. The smallest absolute Gasteiger partial charge is 0.410 e. The van der Waals surface area contributed by atoms with Crippen LogP contribution in [-0.4, -0.2) is 50.5 Å². The van der Waals surface area contributed by atoms with Gasteiger partial charge in [0.15, 0.2) is 11.7 Å². The first kappa shape index (κ1) is 22.9. The van der Waals surface area contributed by atoms with Gasteiger partial charge in [-0.3, -0.25) is 4.79 Å². The van der Waals surface area contributed by atoms with Gasteiger partial charge in [0.05, 0.1) is 16.8 Å². The average molecular weight is 472 g/mol. The van der Waals surface area contributed by atoms with Gasteiger partial charge in [-0.05, 0) is 63.9 Å². The Hall–Kier alpha value is -3.87. The zero-order chi connectivity index (χ0) is 24.7. The number of carbonyl (C=O) groups is 2. The van der Waals surface area contributed by atoms with Crippen molar-refractivity contribution in [2.24, 2.45) is 5.92 Å². The highest BCUT2D eigenvalue weighted by molar-refractivity contribution is 6.02. The summed E-state index contributed by atoms with van der Waals surface area (Å²) in [6.45, 7) is 6.57. The molecule has 2 N–H and O–H groups in total. The molecule has 0 atom stereocenters. The Bertz CT molecular complexity index is 1430. The molecule has 2 aromatic heterocycles. The van der Waals surface area contributed by atoms with Crippen molar-refractivity contribution >= 4 is 33.7 Å². The average Bonchev–Trinajstić information content (AvgIpc) is 3.17. The molecule has 0 bridgehead atoms. The van der Waals surface area contributed by atoms with Gasteiger partial charge in [-0.2, -0.15) is 0 Å². The number of hydrogen-bond donors (Lipinski definition) is 2. The number of ketones is 1. The number of fused-ring (bicyclic) bond motifs is 2. The van der Waals surface area contributed by atoms with E-state index in [4.69, 9.17) is 9.72 Å². The minimum Gasteiger partial charge on any atom is -0.494 e. The number of H-pyrrole nitrogens is 1. The third kappa shape index (κ3) is 4.58. The van der Waals surface area contributed by atoms with Gasteiger partial charge in [0.2, 0.25) is 0 Å². The number of aromatic nitrogens is 2. The van der Waals surface area contributed by atoms with Crippen LogP contribution in [0.15, 0.2) is 54.6 Å². The molecule has 5 rings (SSSR count). The van der Waals surface area contributed by atoms with Gasteiger partial charge in [-0.1, -0.05) is 24.3 Å². The van der Waals surface area contributed by atoms with Crippen LogP contribution in [0, 0.1) is 5.92 Å². The zero-order valence-corrected chi connectivity index (χ0v) is 20.2. The van der Waals surface area contributed by atoms with Gasteiger partial charge < -0.3 is 19.7 Å². The molecule has 1 fully saturated rings. The minimum absolute atomic E-state index is 0.0857. The van der Waals surface area contributed by atoms with Crippen LogP contribution in [0.2, 0.25) is 0 Å². The van der Waals surface area contributed by atoms with Crippen molar-refractivity contribution in [3.05, 3.63) is 60.2 Å². The normalized spacial score (nSPS) is 15.0. The number of carbonyl (C=O) groups excluding carboxylic acids is 2. The lowest BCUT2D eigenvalue weighted by Gasteiger charge is -2.33. The summed E-state index contributed by atoms with van der Waals surface area (Å²) in [6.07, 6.45) is 0.914. The minimum atomic E-state index is -0.532. The standard InChI is InChI=1S/C28H29N3O4/c1-28(2,3)35-27(34)31-14-12-17(13-15-31)25(32)19-9-10-21-18(16-19)8-11-23(29-21)24-20-6-4-5-7-22(20)30-26(24)33/h4-11,16-17,30,33H,12-15H2,1-3H3. The van der Waals surface area contributed by atoms with E-state index < -0.39 is 5.60 Å². The van der Waals surface area contributed by atoms with E-state index in [2.05, 4.69) is 4.98 Å². The van der Waals surface area contributed by atoms with Gasteiger partial charge >= 0.3 is 6.09 Å². The highest BCUT2D eigenvalue weighted by Crippen LogP contribution is 2.36. The first-order valence-corrected chi connectivity index (χ1v) is 11.9. The lowest BCUT2D eigenvalue weighted by molar-refractivity contribution is 0.0182. The van der Waals surface area contributed by atoms with E-state index in [1.165, 1.54) is 0 Å². The summed E-state index contributed by atoms with van der Waals surface area (Å²) >= 11 is 0. The number of likely N-dealkylation sites (tertiary alicyclic amines) is 1. The van der Waals surface area contributed by atoms with Gasteiger partial charge in [0.25, 0.3) is 0 Å². The third-order valence-corrected chi connectivity index (χ3v) is 6.43. The number of rotatable bonds is 3. The number of nitrogens with one attached hydrogen (secondary N) is 1. The van der Waals surface area contributed by atoms with Gasteiger partial charge in [0.1, 0.15) is 5.60 Å². The molecular formula is C28H29N3O4. The number of aromatic amines is 1. The number of aromatic hydroxyl groups is 1. The number of benzene rings is 2. The number of piperidine rings is 1. The van der Waals surface area contributed by atoms with Crippen molar-refractivity contribution in [3.63, 3.8) is 0 Å². The second kappa shape index (κ2) is 8.73. The summed E-state index contributed by atoms with van der Waals surface area (Å²) in [6, 6.07) is 17.0. The Balaban J connectivity index is 1.33. The molecule has 0 spiro atoms. The van der Waals surface area contributed by atoms with Crippen LogP contribution in [-0.2, 0) is 4.74 Å². The van der Waals surface area contributed by atoms with Crippen LogP contribution >= 0.6 is 0 Å². The second-order valence-electron chi connectivity index (χ2n) is 10.1. The summed E-state index contributed by atoms with van der Waals surface area (Å²) in [7, 11) is 0. The van der Waals surface area contributed by atoms with Crippen LogP contribution in [0.1, 0.15) is 44.0 Å². The summed E-state index contributed by atoms with van der Waals surface area (Å²) in [5, 5.41) is 12.2. The highest BCUT2D eigenvalue weighted by atomic mass is 16.6.